The molecule has 0 unspecified atom stereocenters. The van der Waals surface area contributed by atoms with Crippen molar-refractivity contribution in [2.45, 2.75) is 20.4 Å². The molecule has 1 aliphatic rings. The lowest BCUT2D eigenvalue weighted by Gasteiger charge is -2.11. The topological polar surface area (TPSA) is 54.3 Å². The van der Waals surface area contributed by atoms with Crippen LogP contribution >= 0.6 is 11.6 Å². The molecule has 0 atom stereocenters. The molecular formula is C18H18ClN3O2. The largest absolute Gasteiger partial charge is 0.352 e. The number of halogens is 1. The van der Waals surface area contributed by atoms with Gasteiger partial charge in [-0.05, 0) is 49.2 Å². The molecule has 2 aromatic rings. The molecule has 1 N–H and O–H groups in total. The Balaban J connectivity index is 1.84. The van der Waals surface area contributed by atoms with E-state index in [9.17, 15) is 9.59 Å². The lowest BCUT2D eigenvalue weighted by molar-refractivity contribution is -0.123. The van der Waals surface area contributed by atoms with Crippen molar-refractivity contribution >= 4 is 29.6 Å². The van der Waals surface area contributed by atoms with Gasteiger partial charge in [0.25, 0.3) is 5.91 Å². The zero-order chi connectivity index (χ0) is 17.4. The molecule has 2 heterocycles. The van der Waals surface area contributed by atoms with E-state index in [1.165, 1.54) is 4.90 Å². The number of carbonyl (C=O) groups excluding carboxylic acids is 2. The SMILES string of the molecule is Cc1cc(C=C2NC(=O)N(Cc3ccc(Cl)cc3)C2=O)c(C)n1C. The summed E-state index contributed by atoms with van der Waals surface area (Å²) >= 11 is 5.86. The molecule has 0 saturated carbocycles. The third-order valence-corrected chi connectivity index (χ3v) is 4.58. The molecule has 0 radical (unpaired) electrons. The average molecular weight is 344 g/mol. The maximum absolute atomic E-state index is 12.5. The monoisotopic (exact) mass is 343 g/mol. The first kappa shape index (κ1) is 16.3. The van der Waals surface area contributed by atoms with Crippen LogP contribution in [0.4, 0.5) is 4.79 Å². The van der Waals surface area contributed by atoms with Crippen molar-refractivity contribution in [1.82, 2.24) is 14.8 Å². The van der Waals surface area contributed by atoms with Crippen molar-refractivity contribution in [2.75, 3.05) is 0 Å². The first-order valence-electron chi connectivity index (χ1n) is 7.58. The molecule has 6 heteroatoms. The van der Waals surface area contributed by atoms with E-state index in [0.29, 0.717) is 10.7 Å². The summed E-state index contributed by atoms with van der Waals surface area (Å²) in [6, 6.07) is 8.66. The minimum Gasteiger partial charge on any atom is -0.352 e. The fourth-order valence-corrected chi connectivity index (χ4v) is 2.80. The summed E-state index contributed by atoms with van der Waals surface area (Å²) in [7, 11) is 1.97. The van der Waals surface area contributed by atoms with Crippen LogP contribution in [-0.4, -0.2) is 21.4 Å². The van der Waals surface area contributed by atoms with Gasteiger partial charge in [0, 0.05) is 23.5 Å². The van der Waals surface area contributed by atoms with E-state index in [0.717, 1.165) is 22.5 Å². The smallest absolute Gasteiger partial charge is 0.329 e. The quantitative estimate of drug-likeness (QED) is 0.686. The molecule has 5 nitrogen and oxygen atoms in total. The third-order valence-electron chi connectivity index (χ3n) is 4.33. The molecule has 3 rings (SSSR count). The lowest BCUT2D eigenvalue weighted by Crippen LogP contribution is -2.30. The number of benzene rings is 1. The number of urea groups is 1. The summed E-state index contributed by atoms with van der Waals surface area (Å²) < 4.78 is 2.04. The first-order valence-corrected chi connectivity index (χ1v) is 7.96. The van der Waals surface area contributed by atoms with Crippen LogP contribution in [0.15, 0.2) is 36.0 Å². The van der Waals surface area contributed by atoms with Gasteiger partial charge in [-0.3, -0.25) is 9.69 Å². The number of hydrogen-bond donors (Lipinski definition) is 1. The number of imide groups is 1. The van der Waals surface area contributed by atoms with Crippen LogP contribution in [0.2, 0.25) is 5.02 Å². The van der Waals surface area contributed by atoms with E-state index in [4.69, 9.17) is 11.6 Å². The molecule has 1 aromatic carbocycles. The van der Waals surface area contributed by atoms with E-state index in [2.05, 4.69) is 5.32 Å². The van der Waals surface area contributed by atoms with Crippen molar-refractivity contribution in [3.05, 3.63) is 63.6 Å². The van der Waals surface area contributed by atoms with Crippen LogP contribution in [0.5, 0.6) is 0 Å². The highest BCUT2D eigenvalue weighted by atomic mass is 35.5. The standard InChI is InChI=1S/C18H18ClN3O2/c1-11-8-14(12(2)21(11)3)9-16-17(23)22(18(24)20-16)10-13-4-6-15(19)7-5-13/h4-9H,10H2,1-3H3,(H,20,24). The van der Waals surface area contributed by atoms with Gasteiger partial charge < -0.3 is 9.88 Å². The number of aryl methyl sites for hydroxylation is 1. The molecular weight excluding hydrogens is 326 g/mol. The highest BCUT2D eigenvalue weighted by molar-refractivity contribution is 6.30. The Hall–Kier alpha value is -2.53. The van der Waals surface area contributed by atoms with Crippen LogP contribution in [0.1, 0.15) is 22.5 Å². The Morgan fingerprint density at radius 1 is 1.17 bits per heavy atom. The predicted molar refractivity (Wildman–Crippen MR) is 93.4 cm³/mol. The number of carbonyl (C=O) groups is 2. The number of nitrogens with one attached hydrogen (secondary N) is 1. The maximum Gasteiger partial charge on any atom is 0.329 e. The number of hydrogen-bond acceptors (Lipinski definition) is 2. The van der Waals surface area contributed by atoms with E-state index in [1.807, 2.05) is 31.5 Å². The van der Waals surface area contributed by atoms with Gasteiger partial charge in [-0.25, -0.2) is 4.79 Å². The van der Waals surface area contributed by atoms with Crippen molar-refractivity contribution in [1.29, 1.82) is 0 Å². The van der Waals surface area contributed by atoms with Crippen LogP contribution in [0.3, 0.4) is 0 Å². The molecule has 1 aliphatic heterocycles. The fraction of sp³-hybridized carbons (Fsp3) is 0.222. The Labute approximate surface area is 145 Å². The van der Waals surface area contributed by atoms with Gasteiger partial charge in [0.05, 0.1) is 6.54 Å². The normalized spacial score (nSPS) is 16.2. The summed E-state index contributed by atoms with van der Waals surface area (Å²) in [5.74, 6) is -0.323. The van der Waals surface area contributed by atoms with Crippen LogP contribution in [0, 0.1) is 13.8 Å². The van der Waals surface area contributed by atoms with Gasteiger partial charge >= 0.3 is 6.03 Å². The fourth-order valence-electron chi connectivity index (χ4n) is 2.67. The van der Waals surface area contributed by atoms with E-state index >= 15 is 0 Å². The third kappa shape index (κ3) is 2.95. The molecule has 24 heavy (non-hydrogen) atoms. The minimum atomic E-state index is -0.411. The number of amides is 3. The Morgan fingerprint density at radius 2 is 1.83 bits per heavy atom. The molecule has 1 saturated heterocycles. The number of rotatable bonds is 3. The summed E-state index contributed by atoms with van der Waals surface area (Å²) in [5.41, 5.74) is 4.19. The zero-order valence-corrected chi connectivity index (χ0v) is 14.5. The average Bonchev–Trinajstić information content (AvgIpc) is 2.95. The predicted octanol–water partition coefficient (Wildman–Crippen LogP) is 3.39. The van der Waals surface area contributed by atoms with Gasteiger partial charge in [-0.2, -0.15) is 0 Å². The van der Waals surface area contributed by atoms with Gasteiger partial charge in [0.2, 0.25) is 0 Å². The van der Waals surface area contributed by atoms with Gasteiger partial charge in [0.15, 0.2) is 0 Å². The van der Waals surface area contributed by atoms with Crippen molar-refractivity contribution in [3.63, 3.8) is 0 Å². The van der Waals surface area contributed by atoms with Crippen LogP contribution in [0.25, 0.3) is 6.08 Å². The Morgan fingerprint density at radius 3 is 2.42 bits per heavy atom. The van der Waals surface area contributed by atoms with Crippen LogP contribution < -0.4 is 5.32 Å². The minimum absolute atomic E-state index is 0.214. The summed E-state index contributed by atoms with van der Waals surface area (Å²) in [4.78, 5) is 25.9. The summed E-state index contributed by atoms with van der Waals surface area (Å²) in [5, 5.41) is 3.27. The van der Waals surface area contributed by atoms with E-state index in [-0.39, 0.29) is 12.5 Å². The van der Waals surface area contributed by atoms with Crippen molar-refractivity contribution < 1.29 is 9.59 Å². The summed E-state index contributed by atoms with van der Waals surface area (Å²) in [6.45, 7) is 4.19. The van der Waals surface area contributed by atoms with E-state index < -0.39 is 6.03 Å². The zero-order valence-electron chi connectivity index (χ0n) is 13.8. The molecule has 1 fully saturated rings. The molecule has 124 valence electrons. The second-order valence-corrected chi connectivity index (χ2v) is 6.33. The summed E-state index contributed by atoms with van der Waals surface area (Å²) in [6.07, 6.45) is 1.73. The van der Waals surface area contributed by atoms with Crippen LogP contribution in [-0.2, 0) is 18.4 Å². The molecule has 3 amide bonds. The molecule has 0 aliphatic carbocycles. The second kappa shape index (κ2) is 6.17. The second-order valence-electron chi connectivity index (χ2n) is 5.89. The lowest BCUT2D eigenvalue weighted by atomic mass is 10.2. The first-order chi connectivity index (χ1) is 11.4. The molecule has 1 aromatic heterocycles. The Bertz CT molecular complexity index is 850. The van der Waals surface area contributed by atoms with Gasteiger partial charge in [-0.15, -0.1) is 0 Å². The highest BCUT2D eigenvalue weighted by Crippen LogP contribution is 2.21. The maximum atomic E-state index is 12.5. The number of aromatic nitrogens is 1. The Kier molecular flexibility index (Phi) is 4.20. The highest BCUT2D eigenvalue weighted by Gasteiger charge is 2.33. The number of nitrogens with zero attached hydrogens (tertiary/aromatic N) is 2. The van der Waals surface area contributed by atoms with Crippen molar-refractivity contribution in [2.24, 2.45) is 7.05 Å². The van der Waals surface area contributed by atoms with Crippen molar-refractivity contribution in [3.8, 4) is 0 Å². The van der Waals surface area contributed by atoms with E-state index in [1.54, 1.807) is 30.3 Å². The molecule has 0 spiro atoms. The van der Waals surface area contributed by atoms with Gasteiger partial charge in [0.1, 0.15) is 5.70 Å². The molecule has 0 bridgehead atoms. The van der Waals surface area contributed by atoms with Gasteiger partial charge in [-0.1, -0.05) is 23.7 Å².